The molecule has 6 nitrogen and oxygen atoms in total. The van der Waals surface area contributed by atoms with Crippen molar-refractivity contribution in [2.24, 2.45) is 0 Å². The summed E-state index contributed by atoms with van der Waals surface area (Å²) in [5.74, 6) is -2.05. The van der Waals surface area contributed by atoms with Gasteiger partial charge in [0.1, 0.15) is 6.04 Å². The number of carboxylic acid groups (broad SMARTS) is 1. The van der Waals surface area contributed by atoms with E-state index in [4.69, 9.17) is 16.7 Å². The maximum atomic E-state index is 11.5. The summed E-state index contributed by atoms with van der Waals surface area (Å²) in [6.07, 6.45) is 0.137. The first-order valence-electron chi connectivity index (χ1n) is 5.89. The molecule has 0 bridgehead atoms. The van der Waals surface area contributed by atoms with E-state index in [9.17, 15) is 14.4 Å². The van der Waals surface area contributed by atoms with Crippen LogP contribution < -0.4 is 10.6 Å². The molecule has 0 heterocycles. The third-order valence-electron chi connectivity index (χ3n) is 2.48. The maximum absolute atomic E-state index is 11.5. The highest BCUT2D eigenvalue weighted by molar-refractivity contribution is 6.30. The number of hydrogen-bond donors (Lipinski definition) is 3. The van der Waals surface area contributed by atoms with Gasteiger partial charge in [0, 0.05) is 18.4 Å². The number of hydrogen-bond acceptors (Lipinski definition) is 3. The van der Waals surface area contributed by atoms with Crippen LogP contribution in [0.2, 0.25) is 5.02 Å². The zero-order valence-electron chi connectivity index (χ0n) is 10.9. The number of amides is 2. The molecule has 0 aliphatic carbocycles. The monoisotopic (exact) mass is 298 g/mol. The Morgan fingerprint density at radius 3 is 2.35 bits per heavy atom. The van der Waals surface area contributed by atoms with Gasteiger partial charge >= 0.3 is 5.97 Å². The van der Waals surface area contributed by atoms with Gasteiger partial charge in [0.15, 0.2) is 0 Å². The smallest absolute Gasteiger partial charge is 0.326 e. The van der Waals surface area contributed by atoms with Crippen LogP contribution in [-0.2, 0) is 20.8 Å². The van der Waals surface area contributed by atoms with E-state index in [1.807, 2.05) is 0 Å². The predicted molar refractivity (Wildman–Crippen MR) is 73.4 cm³/mol. The van der Waals surface area contributed by atoms with Crippen molar-refractivity contribution in [2.45, 2.75) is 19.4 Å². The number of carbonyl (C=O) groups excluding carboxylic acids is 2. The molecule has 0 aromatic heterocycles. The second-order valence-electron chi connectivity index (χ2n) is 4.20. The van der Waals surface area contributed by atoms with Gasteiger partial charge in [-0.05, 0) is 17.7 Å². The van der Waals surface area contributed by atoms with Crippen molar-refractivity contribution in [1.29, 1.82) is 0 Å². The highest BCUT2D eigenvalue weighted by atomic mass is 35.5. The second kappa shape index (κ2) is 7.49. The van der Waals surface area contributed by atoms with Crippen molar-refractivity contribution in [3.05, 3.63) is 34.9 Å². The van der Waals surface area contributed by atoms with E-state index >= 15 is 0 Å². The summed E-state index contributed by atoms with van der Waals surface area (Å²) in [5.41, 5.74) is 0.738. The van der Waals surface area contributed by atoms with Crippen molar-refractivity contribution >= 4 is 29.4 Å². The summed E-state index contributed by atoms with van der Waals surface area (Å²) >= 11 is 5.74. The predicted octanol–water partition coefficient (Wildman–Crippen LogP) is 0.588. The number of carboxylic acids is 1. The second-order valence-corrected chi connectivity index (χ2v) is 4.64. The molecular weight excluding hydrogens is 284 g/mol. The SMILES string of the molecule is CC(=O)NCC(=O)N[C@@H](Cc1ccc(Cl)cc1)C(=O)O. The Hall–Kier alpha value is -2.08. The van der Waals surface area contributed by atoms with Crippen LogP contribution in [0, 0.1) is 0 Å². The highest BCUT2D eigenvalue weighted by Crippen LogP contribution is 2.11. The van der Waals surface area contributed by atoms with E-state index in [1.54, 1.807) is 24.3 Å². The van der Waals surface area contributed by atoms with Crippen molar-refractivity contribution in [2.75, 3.05) is 6.54 Å². The molecular formula is C13H15ClN2O4. The molecule has 0 saturated carbocycles. The molecule has 3 N–H and O–H groups in total. The van der Waals surface area contributed by atoms with Crippen LogP contribution in [0.25, 0.3) is 0 Å². The molecule has 20 heavy (non-hydrogen) atoms. The number of aliphatic carboxylic acids is 1. The molecule has 0 aliphatic rings. The Balaban J connectivity index is 2.60. The molecule has 1 atom stereocenters. The lowest BCUT2D eigenvalue weighted by Crippen LogP contribution is -2.46. The molecule has 7 heteroatoms. The maximum Gasteiger partial charge on any atom is 0.326 e. The summed E-state index contributed by atoms with van der Waals surface area (Å²) in [7, 11) is 0. The third kappa shape index (κ3) is 5.71. The molecule has 1 rings (SSSR count). The molecule has 2 amide bonds. The van der Waals surface area contributed by atoms with Gasteiger partial charge in [-0.15, -0.1) is 0 Å². The number of carbonyl (C=O) groups is 3. The fourth-order valence-corrected chi connectivity index (χ4v) is 1.63. The van der Waals surface area contributed by atoms with Gasteiger partial charge in [-0.3, -0.25) is 9.59 Å². The van der Waals surface area contributed by atoms with E-state index in [0.29, 0.717) is 5.02 Å². The molecule has 0 saturated heterocycles. The van der Waals surface area contributed by atoms with Crippen LogP contribution in [0.15, 0.2) is 24.3 Å². The fourth-order valence-electron chi connectivity index (χ4n) is 1.51. The first-order valence-corrected chi connectivity index (χ1v) is 6.27. The topological polar surface area (TPSA) is 95.5 Å². The van der Waals surface area contributed by atoms with Gasteiger partial charge in [0.05, 0.1) is 6.54 Å². The zero-order valence-corrected chi connectivity index (χ0v) is 11.6. The largest absolute Gasteiger partial charge is 0.480 e. The first kappa shape index (κ1) is 16.0. The van der Waals surface area contributed by atoms with E-state index in [0.717, 1.165) is 5.56 Å². The molecule has 0 fully saturated rings. The van der Waals surface area contributed by atoms with Crippen molar-refractivity contribution in [3.63, 3.8) is 0 Å². The van der Waals surface area contributed by atoms with Crippen LogP contribution in [0.4, 0.5) is 0 Å². The van der Waals surface area contributed by atoms with Crippen molar-refractivity contribution in [1.82, 2.24) is 10.6 Å². The van der Waals surface area contributed by atoms with E-state index < -0.39 is 17.9 Å². The minimum absolute atomic E-state index is 0.137. The van der Waals surface area contributed by atoms with Crippen LogP contribution in [0.1, 0.15) is 12.5 Å². The van der Waals surface area contributed by atoms with Crippen molar-refractivity contribution in [3.8, 4) is 0 Å². The van der Waals surface area contributed by atoms with Gasteiger partial charge in [-0.25, -0.2) is 4.79 Å². The number of nitrogens with one attached hydrogen (secondary N) is 2. The van der Waals surface area contributed by atoms with E-state index in [-0.39, 0.29) is 18.9 Å². The lowest BCUT2D eigenvalue weighted by atomic mass is 10.1. The lowest BCUT2D eigenvalue weighted by Gasteiger charge is -2.14. The first-order chi connectivity index (χ1) is 9.38. The van der Waals surface area contributed by atoms with E-state index in [2.05, 4.69) is 10.6 Å². The molecule has 0 spiro atoms. The van der Waals surface area contributed by atoms with E-state index in [1.165, 1.54) is 6.92 Å². The van der Waals surface area contributed by atoms with Crippen LogP contribution in [-0.4, -0.2) is 35.5 Å². The van der Waals surface area contributed by atoms with Crippen molar-refractivity contribution < 1.29 is 19.5 Å². The summed E-state index contributed by atoms with van der Waals surface area (Å²) in [4.78, 5) is 33.3. The summed E-state index contributed by atoms with van der Waals surface area (Å²) in [6.45, 7) is 1.02. The lowest BCUT2D eigenvalue weighted by molar-refractivity contribution is -0.141. The molecule has 108 valence electrons. The zero-order chi connectivity index (χ0) is 15.1. The van der Waals surface area contributed by atoms with Gasteiger partial charge < -0.3 is 15.7 Å². The molecule has 1 aromatic carbocycles. The Kier molecular flexibility index (Phi) is 5.99. The standard InChI is InChI=1S/C13H15ClN2O4/c1-8(17)15-7-12(18)16-11(13(19)20)6-9-2-4-10(14)5-3-9/h2-5,11H,6-7H2,1H3,(H,15,17)(H,16,18)(H,19,20)/t11-/m0/s1. The number of benzene rings is 1. The minimum atomic E-state index is -1.14. The summed E-state index contributed by atoms with van der Waals surface area (Å²) in [6, 6.07) is 5.62. The third-order valence-corrected chi connectivity index (χ3v) is 2.74. The average Bonchev–Trinajstić information content (AvgIpc) is 2.38. The van der Waals surface area contributed by atoms with Gasteiger partial charge in [0.25, 0.3) is 0 Å². The minimum Gasteiger partial charge on any atom is -0.480 e. The van der Waals surface area contributed by atoms with Crippen LogP contribution in [0.3, 0.4) is 0 Å². The molecule has 0 aliphatic heterocycles. The van der Waals surface area contributed by atoms with Crippen LogP contribution in [0.5, 0.6) is 0 Å². The number of rotatable bonds is 6. The van der Waals surface area contributed by atoms with Gasteiger partial charge in [-0.1, -0.05) is 23.7 Å². The van der Waals surface area contributed by atoms with Crippen LogP contribution >= 0.6 is 11.6 Å². The molecule has 0 unspecified atom stereocenters. The Labute approximate surface area is 121 Å². The summed E-state index contributed by atoms with van der Waals surface area (Å²) < 4.78 is 0. The quantitative estimate of drug-likeness (QED) is 0.716. The molecule has 1 aromatic rings. The normalized spacial score (nSPS) is 11.5. The van der Waals surface area contributed by atoms with Gasteiger partial charge in [-0.2, -0.15) is 0 Å². The summed E-state index contributed by atoms with van der Waals surface area (Å²) in [5, 5.41) is 14.3. The van der Waals surface area contributed by atoms with Gasteiger partial charge in [0.2, 0.25) is 11.8 Å². The fraction of sp³-hybridized carbons (Fsp3) is 0.308. The Bertz CT molecular complexity index is 502. The highest BCUT2D eigenvalue weighted by Gasteiger charge is 2.20. The molecule has 0 radical (unpaired) electrons. The Morgan fingerprint density at radius 1 is 1.25 bits per heavy atom. The average molecular weight is 299 g/mol. The Morgan fingerprint density at radius 2 is 1.85 bits per heavy atom. The number of halogens is 1.